The SMILES string of the molecule is Cc1nnc(Sc2c(F)cccc2[C@@H](C)N)s1. The molecule has 1 aromatic heterocycles. The van der Waals surface area contributed by atoms with Gasteiger partial charge in [-0.25, -0.2) is 4.39 Å². The zero-order valence-electron chi connectivity index (χ0n) is 9.48. The van der Waals surface area contributed by atoms with Crippen molar-refractivity contribution in [1.29, 1.82) is 0 Å². The molecule has 17 heavy (non-hydrogen) atoms. The Kier molecular flexibility index (Phi) is 3.76. The molecule has 2 aromatic rings. The fourth-order valence-electron chi connectivity index (χ4n) is 1.40. The van der Waals surface area contributed by atoms with Crippen molar-refractivity contribution in [1.82, 2.24) is 10.2 Å². The molecule has 1 aromatic carbocycles. The Morgan fingerprint density at radius 2 is 2.18 bits per heavy atom. The first-order valence-corrected chi connectivity index (χ1v) is 6.73. The minimum absolute atomic E-state index is 0.206. The van der Waals surface area contributed by atoms with Gasteiger partial charge in [-0.3, -0.25) is 0 Å². The lowest BCUT2D eigenvalue weighted by molar-refractivity contribution is 0.591. The van der Waals surface area contributed by atoms with Crippen LogP contribution in [0, 0.1) is 12.7 Å². The van der Waals surface area contributed by atoms with Crippen molar-refractivity contribution in [2.45, 2.75) is 29.1 Å². The Morgan fingerprint density at radius 1 is 1.41 bits per heavy atom. The zero-order valence-corrected chi connectivity index (χ0v) is 11.1. The lowest BCUT2D eigenvalue weighted by Gasteiger charge is -2.11. The summed E-state index contributed by atoms with van der Waals surface area (Å²) in [4.78, 5) is 0.540. The van der Waals surface area contributed by atoms with Crippen molar-refractivity contribution in [3.8, 4) is 0 Å². The zero-order chi connectivity index (χ0) is 12.4. The molecule has 0 amide bonds. The second kappa shape index (κ2) is 5.12. The summed E-state index contributed by atoms with van der Waals surface area (Å²) in [5.41, 5.74) is 6.62. The fraction of sp³-hybridized carbons (Fsp3) is 0.273. The highest BCUT2D eigenvalue weighted by Gasteiger charge is 2.14. The second-order valence-electron chi connectivity index (χ2n) is 3.64. The molecule has 0 aliphatic rings. The van der Waals surface area contributed by atoms with E-state index in [0.29, 0.717) is 4.90 Å². The van der Waals surface area contributed by atoms with Crippen molar-refractivity contribution in [3.63, 3.8) is 0 Å². The Hall–Kier alpha value is -0.980. The summed E-state index contributed by atoms with van der Waals surface area (Å²) in [7, 11) is 0. The van der Waals surface area contributed by atoms with Crippen molar-refractivity contribution in [3.05, 3.63) is 34.6 Å². The van der Waals surface area contributed by atoms with Crippen LogP contribution in [0.3, 0.4) is 0 Å². The molecule has 2 rings (SSSR count). The number of aryl methyl sites for hydroxylation is 1. The van der Waals surface area contributed by atoms with Crippen LogP contribution in [-0.4, -0.2) is 10.2 Å². The van der Waals surface area contributed by atoms with Crippen LogP contribution >= 0.6 is 23.1 Å². The molecule has 2 N–H and O–H groups in total. The van der Waals surface area contributed by atoms with Crippen LogP contribution in [-0.2, 0) is 0 Å². The Balaban J connectivity index is 2.37. The molecule has 0 unspecified atom stereocenters. The number of aromatic nitrogens is 2. The summed E-state index contributed by atoms with van der Waals surface area (Å²) in [6, 6.07) is 4.73. The van der Waals surface area contributed by atoms with Crippen molar-refractivity contribution in [2.24, 2.45) is 5.73 Å². The quantitative estimate of drug-likeness (QED) is 0.930. The minimum atomic E-state index is -0.266. The van der Waals surface area contributed by atoms with Gasteiger partial charge in [-0.05, 0) is 25.5 Å². The van der Waals surface area contributed by atoms with Crippen LogP contribution in [0.5, 0.6) is 0 Å². The van der Waals surface area contributed by atoms with Gasteiger partial charge in [-0.2, -0.15) is 0 Å². The molecule has 0 saturated carbocycles. The van der Waals surface area contributed by atoms with E-state index < -0.39 is 0 Å². The van der Waals surface area contributed by atoms with E-state index in [4.69, 9.17) is 5.73 Å². The van der Waals surface area contributed by atoms with Crippen molar-refractivity contribution in [2.75, 3.05) is 0 Å². The standard InChI is InChI=1S/C11H12FN3S2/c1-6(13)8-4-3-5-9(12)10(8)17-11-15-14-7(2)16-11/h3-6H,13H2,1-2H3/t6-/m1/s1. The molecular formula is C11H12FN3S2. The van der Waals surface area contributed by atoms with Crippen LogP contribution in [0.1, 0.15) is 23.5 Å². The molecule has 0 bridgehead atoms. The molecule has 0 spiro atoms. The van der Waals surface area contributed by atoms with E-state index >= 15 is 0 Å². The molecule has 0 aliphatic heterocycles. The average Bonchev–Trinajstić information content (AvgIpc) is 2.67. The van der Waals surface area contributed by atoms with Gasteiger partial charge in [0.05, 0.1) is 4.90 Å². The normalized spacial score (nSPS) is 12.7. The summed E-state index contributed by atoms with van der Waals surface area (Å²) < 4.78 is 14.5. The number of halogens is 1. The van der Waals surface area contributed by atoms with E-state index in [1.807, 2.05) is 19.9 Å². The van der Waals surface area contributed by atoms with E-state index in [0.717, 1.165) is 14.9 Å². The molecule has 6 heteroatoms. The Morgan fingerprint density at radius 3 is 2.76 bits per heavy atom. The first-order valence-electron chi connectivity index (χ1n) is 5.10. The molecule has 1 atom stereocenters. The highest BCUT2D eigenvalue weighted by Crippen LogP contribution is 2.36. The average molecular weight is 269 g/mol. The van der Waals surface area contributed by atoms with Gasteiger partial charge < -0.3 is 5.73 Å². The third-order valence-corrected chi connectivity index (χ3v) is 4.21. The van der Waals surface area contributed by atoms with Gasteiger partial charge in [0.2, 0.25) is 0 Å². The van der Waals surface area contributed by atoms with Gasteiger partial charge in [0.1, 0.15) is 10.8 Å². The van der Waals surface area contributed by atoms with Crippen LogP contribution in [0.25, 0.3) is 0 Å². The Labute approximate surface area is 107 Å². The number of nitrogens with zero attached hydrogens (tertiary/aromatic N) is 2. The van der Waals surface area contributed by atoms with Gasteiger partial charge >= 0.3 is 0 Å². The van der Waals surface area contributed by atoms with E-state index in [1.165, 1.54) is 29.2 Å². The maximum absolute atomic E-state index is 13.8. The summed E-state index contributed by atoms with van der Waals surface area (Å²) >= 11 is 2.72. The van der Waals surface area contributed by atoms with Gasteiger partial charge in [0.15, 0.2) is 4.34 Å². The molecule has 3 nitrogen and oxygen atoms in total. The maximum atomic E-state index is 13.8. The first kappa shape index (κ1) is 12.5. The van der Waals surface area contributed by atoms with Crippen LogP contribution in [0.4, 0.5) is 4.39 Å². The van der Waals surface area contributed by atoms with Crippen LogP contribution < -0.4 is 5.73 Å². The number of hydrogen-bond donors (Lipinski definition) is 1. The summed E-state index contributed by atoms with van der Waals surface area (Å²) in [5, 5.41) is 8.75. The second-order valence-corrected chi connectivity index (χ2v) is 6.08. The van der Waals surface area contributed by atoms with Gasteiger partial charge in [-0.1, -0.05) is 35.2 Å². The smallest absolute Gasteiger partial charge is 0.179 e. The highest BCUT2D eigenvalue weighted by molar-refractivity contribution is 8.01. The van der Waals surface area contributed by atoms with Crippen LogP contribution in [0.15, 0.2) is 27.4 Å². The summed E-state index contributed by atoms with van der Waals surface area (Å²) in [5.74, 6) is -0.266. The number of benzene rings is 1. The molecule has 0 fully saturated rings. The number of nitrogens with two attached hydrogens (primary N) is 1. The lowest BCUT2D eigenvalue weighted by atomic mass is 10.1. The monoisotopic (exact) mass is 269 g/mol. The molecule has 0 radical (unpaired) electrons. The van der Waals surface area contributed by atoms with Crippen molar-refractivity contribution < 1.29 is 4.39 Å². The number of rotatable bonds is 3. The molecule has 1 heterocycles. The predicted molar refractivity (Wildman–Crippen MR) is 67.8 cm³/mol. The fourth-order valence-corrected chi connectivity index (χ4v) is 3.39. The van der Waals surface area contributed by atoms with E-state index in [1.54, 1.807) is 6.07 Å². The third-order valence-electron chi connectivity index (χ3n) is 2.18. The summed E-state index contributed by atoms with van der Waals surface area (Å²) in [6.07, 6.45) is 0. The van der Waals surface area contributed by atoms with Crippen molar-refractivity contribution >= 4 is 23.1 Å². The van der Waals surface area contributed by atoms with Crippen LogP contribution in [0.2, 0.25) is 0 Å². The first-order chi connectivity index (χ1) is 8.08. The Bertz CT molecular complexity index is 525. The van der Waals surface area contributed by atoms with E-state index in [-0.39, 0.29) is 11.9 Å². The molecular weight excluding hydrogens is 257 g/mol. The number of hydrogen-bond acceptors (Lipinski definition) is 5. The molecule has 0 saturated heterocycles. The largest absolute Gasteiger partial charge is 0.324 e. The third kappa shape index (κ3) is 2.83. The van der Waals surface area contributed by atoms with Gasteiger partial charge in [0, 0.05) is 6.04 Å². The summed E-state index contributed by atoms with van der Waals surface area (Å²) in [6.45, 7) is 3.71. The van der Waals surface area contributed by atoms with Gasteiger partial charge in [-0.15, -0.1) is 10.2 Å². The molecule has 90 valence electrons. The topological polar surface area (TPSA) is 51.8 Å². The molecule has 0 aliphatic carbocycles. The lowest BCUT2D eigenvalue weighted by Crippen LogP contribution is -2.07. The predicted octanol–water partition coefficient (Wildman–Crippen LogP) is 3.16. The highest BCUT2D eigenvalue weighted by atomic mass is 32.2. The van der Waals surface area contributed by atoms with Gasteiger partial charge in [0.25, 0.3) is 0 Å². The minimum Gasteiger partial charge on any atom is -0.324 e. The van der Waals surface area contributed by atoms with E-state index in [2.05, 4.69) is 10.2 Å². The maximum Gasteiger partial charge on any atom is 0.179 e. The van der Waals surface area contributed by atoms with E-state index in [9.17, 15) is 4.39 Å².